The third-order valence-electron chi connectivity index (χ3n) is 2.11. The Labute approximate surface area is 90.1 Å². The van der Waals surface area contributed by atoms with Crippen LogP contribution in [0.2, 0.25) is 0 Å². The van der Waals surface area contributed by atoms with Gasteiger partial charge in [0.25, 0.3) is 0 Å². The Hall–Kier alpha value is -1.51. The molecule has 0 saturated carbocycles. The van der Waals surface area contributed by atoms with E-state index in [0.717, 1.165) is 11.1 Å². The quantitative estimate of drug-likeness (QED) is 0.796. The van der Waals surface area contributed by atoms with E-state index in [9.17, 15) is 9.90 Å². The average molecular weight is 207 g/mol. The first-order chi connectivity index (χ1) is 6.99. The van der Waals surface area contributed by atoms with Crippen LogP contribution in [0.4, 0.5) is 0 Å². The largest absolute Gasteiger partial charge is 0.508 e. The van der Waals surface area contributed by atoms with Gasteiger partial charge in [0.05, 0.1) is 0 Å². The zero-order chi connectivity index (χ0) is 11.4. The van der Waals surface area contributed by atoms with Crippen molar-refractivity contribution >= 4 is 5.91 Å². The van der Waals surface area contributed by atoms with Crippen molar-refractivity contribution in [1.29, 1.82) is 0 Å². The van der Waals surface area contributed by atoms with Crippen LogP contribution in [0.1, 0.15) is 25.0 Å². The molecule has 0 saturated heterocycles. The van der Waals surface area contributed by atoms with Crippen LogP contribution in [0.15, 0.2) is 18.2 Å². The molecule has 0 atom stereocenters. The molecule has 0 fully saturated rings. The summed E-state index contributed by atoms with van der Waals surface area (Å²) in [5.74, 6) is 0.253. The topological polar surface area (TPSA) is 49.3 Å². The minimum Gasteiger partial charge on any atom is -0.508 e. The molecule has 3 nitrogen and oxygen atoms in total. The number of hydrogen-bond acceptors (Lipinski definition) is 2. The Balaban J connectivity index is 2.61. The Morgan fingerprint density at radius 1 is 1.40 bits per heavy atom. The Kier molecular flexibility index (Phi) is 3.72. The van der Waals surface area contributed by atoms with Gasteiger partial charge in [0.1, 0.15) is 5.75 Å². The van der Waals surface area contributed by atoms with Crippen molar-refractivity contribution in [3.8, 4) is 5.75 Å². The second-order valence-electron chi connectivity index (χ2n) is 4.05. The number of benzene rings is 1. The number of carbonyl (C=O) groups is 1. The molecule has 0 bridgehead atoms. The zero-order valence-electron chi connectivity index (χ0n) is 9.37. The van der Waals surface area contributed by atoms with Crippen molar-refractivity contribution in [2.24, 2.45) is 5.92 Å². The predicted octanol–water partition coefficient (Wildman–Crippen LogP) is 1.97. The van der Waals surface area contributed by atoms with Gasteiger partial charge in [-0.3, -0.25) is 4.79 Å². The van der Waals surface area contributed by atoms with Crippen LogP contribution in [0, 0.1) is 12.8 Å². The summed E-state index contributed by atoms with van der Waals surface area (Å²) >= 11 is 0. The minimum absolute atomic E-state index is 0.0107. The van der Waals surface area contributed by atoms with E-state index in [2.05, 4.69) is 5.32 Å². The molecule has 15 heavy (non-hydrogen) atoms. The maximum absolute atomic E-state index is 11.3. The van der Waals surface area contributed by atoms with E-state index >= 15 is 0 Å². The third-order valence-corrected chi connectivity index (χ3v) is 2.11. The fourth-order valence-corrected chi connectivity index (χ4v) is 1.34. The number of amides is 1. The summed E-state index contributed by atoms with van der Waals surface area (Å²) in [5.41, 5.74) is 1.91. The molecule has 0 aliphatic heterocycles. The SMILES string of the molecule is Cc1cc(O)cc(CNC(=O)C(C)C)c1. The van der Waals surface area contributed by atoms with Gasteiger partial charge in [0.2, 0.25) is 5.91 Å². The molecule has 0 aliphatic carbocycles. The number of aryl methyl sites for hydroxylation is 1. The normalized spacial score (nSPS) is 10.4. The molecule has 1 aromatic rings. The van der Waals surface area contributed by atoms with Crippen molar-refractivity contribution in [3.63, 3.8) is 0 Å². The van der Waals surface area contributed by atoms with E-state index in [1.54, 1.807) is 12.1 Å². The monoisotopic (exact) mass is 207 g/mol. The molecule has 0 aromatic heterocycles. The Morgan fingerprint density at radius 2 is 2.07 bits per heavy atom. The molecule has 1 rings (SSSR count). The van der Waals surface area contributed by atoms with Crippen LogP contribution in [-0.4, -0.2) is 11.0 Å². The van der Waals surface area contributed by atoms with Gasteiger partial charge in [-0.25, -0.2) is 0 Å². The summed E-state index contributed by atoms with van der Waals surface area (Å²) in [7, 11) is 0. The van der Waals surface area contributed by atoms with Crippen molar-refractivity contribution in [2.75, 3.05) is 0 Å². The number of carbonyl (C=O) groups excluding carboxylic acids is 1. The number of aromatic hydroxyl groups is 1. The molecule has 0 radical (unpaired) electrons. The Bertz CT molecular complexity index is 338. The van der Waals surface area contributed by atoms with Gasteiger partial charge >= 0.3 is 0 Å². The molecular weight excluding hydrogens is 190 g/mol. The fourth-order valence-electron chi connectivity index (χ4n) is 1.34. The number of hydrogen-bond donors (Lipinski definition) is 2. The van der Waals surface area contributed by atoms with E-state index < -0.39 is 0 Å². The molecule has 0 aliphatic rings. The fraction of sp³-hybridized carbons (Fsp3) is 0.417. The number of phenolic OH excluding ortho intramolecular Hbond substituents is 1. The molecule has 82 valence electrons. The molecule has 0 spiro atoms. The van der Waals surface area contributed by atoms with Gasteiger partial charge in [-0.1, -0.05) is 19.9 Å². The standard InChI is InChI=1S/C12H17NO2/c1-8(2)12(15)13-7-10-4-9(3)5-11(14)6-10/h4-6,8,14H,7H2,1-3H3,(H,13,15). The first-order valence-corrected chi connectivity index (χ1v) is 5.06. The number of rotatable bonds is 3. The van der Waals surface area contributed by atoms with Crippen LogP contribution in [0.5, 0.6) is 5.75 Å². The highest BCUT2D eigenvalue weighted by molar-refractivity contribution is 5.77. The highest BCUT2D eigenvalue weighted by Gasteiger charge is 2.06. The van der Waals surface area contributed by atoms with E-state index in [0.29, 0.717) is 6.54 Å². The Morgan fingerprint density at radius 3 is 2.60 bits per heavy atom. The summed E-state index contributed by atoms with van der Waals surface area (Å²) in [6, 6.07) is 5.29. The summed E-state index contributed by atoms with van der Waals surface area (Å²) < 4.78 is 0. The van der Waals surface area contributed by atoms with Gasteiger partial charge in [-0.05, 0) is 30.2 Å². The smallest absolute Gasteiger partial charge is 0.222 e. The first kappa shape index (κ1) is 11.6. The van der Waals surface area contributed by atoms with Gasteiger partial charge in [-0.2, -0.15) is 0 Å². The molecule has 2 N–H and O–H groups in total. The van der Waals surface area contributed by atoms with Gasteiger partial charge in [-0.15, -0.1) is 0 Å². The van der Waals surface area contributed by atoms with Crippen molar-refractivity contribution in [1.82, 2.24) is 5.32 Å². The maximum atomic E-state index is 11.3. The van der Waals surface area contributed by atoms with Crippen LogP contribution >= 0.6 is 0 Å². The third kappa shape index (κ3) is 3.62. The minimum atomic E-state index is -0.0107. The summed E-state index contributed by atoms with van der Waals surface area (Å²) in [4.78, 5) is 11.3. The van der Waals surface area contributed by atoms with E-state index in [1.165, 1.54) is 0 Å². The van der Waals surface area contributed by atoms with Crippen molar-refractivity contribution < 1.29 is 9.90 Å². The lowest BCUT2D eigenvalue weighted by Crippen LogP contribution is -2.27. The summed E-state index contributed by atoms with van der Waals surface area (Å²) in [5, 5.41) is 12.2. The molecular formula is C12H17NO2. The average Bonchev–Trinajstić information content (AvgIpc) is 2.12. The van der Waals surface area contributed by atoms with Crippen LogP contribution < -0.4 is 5.32 Å². The summed E-state index contributed by atoms with van der Waals surface area (Å²) in [6.45, 7) is 6.08. The summed E-state index contributed by atoms with van der Waals surface area (Å²) in [6.07, 6.45) is 0. The van der Waals surface area contributed by atoms with Crippen LogP contribution in [0.25, 0.3) is 0 Å². The van der Waals surface area contributed by atoms with Gasteiger partial charge < -0.3 is 10.4 Å². The molecule has 1 aromatic carbocycles. The highest BCUT2D eigenvalue weighted by Crippen LogP contribution is 2.14. The highest BCUT2D eigenvalue weighted by atomic mass is 16.3. The van der Waals surface area contributed by atoms with Crippen molar-refractivity contribution in [3.05, 3.63) is 29.3 Å². The lowest BCUT2D eigenvalue weighted by Gasteiger charge is -2.08. The van der Waals surface area contributed by atoms with E-state index in [4.69, 9.17) is 0 Å². The molecule has 3 heteroatoms. The lowest BCUT2D eigenvalue weighted by molar-refractivity contribution is -0.124. The van der Waals surface area contributed by atoms with Crippen LogP contribution in [-0.2, 0) is 11.3 Å². The predicted molar refractivity (Wildman–Crippen MR) is 59.5 cm³/mol. The molecule has 1 amide bonds. The lowest BCUT2D eigenvalue weighted by atomic mass is 10.1. The van der Waals surface area contributed by atoms with Gasteiger partial charge in [0, 0.05) is 12.5 Å². The van der Waals surface area contributed by atoms with Crippen LogP contribution in [0.3, 0.4) is 0 Å². The van der Waals surface area contributed by atoms with Gasteiger partial charge in [0.15, 0.2) is 0 Å². The van der Waals surface area contributed by atoms with Crippen molar-refractivity contribution in [2.45, 2.75) is 27.3 Å². The second kappa shape index (κ2) is 4.82. The number of nitrogens with one attached hydrogen (secondary N) is 1. The number of phenols is 1. The molecule has 0 unspecified atom stereocenters. The molecule has 0 heterocycles. The zero-order valence-corrected chi connectivity index (χ0v) is 9.37. The second-order valence-corrected chi connectivity index (χ2v) is 4.05. The first-order valence-electron chi connectivity index (χ1n) is 5.06. The maximum Gasteiger partial charge on any atom is 0.222 e. The van der Waals surface area contributed by atoms with E-state index in [-0.39, 0.29) is 17.6 Å². The van der Waals surface area contributed by atoms with E-state index in [1.807, 2.05) is 26.8 Å².